The van der Waals surface area contributed by atoms with Crippen LogP contribution in [0, 0.1) is 25.0 Å². The van der Waals surface area contributed by atoms with Crippen LogP contribution in [0.3, 0.4) is 0 Å². The van der Waals surface area contributed by atoms with Crippen molar-refractivity contribution in [2.24, 2.45) is 21.7 Å². The molecule has 2 aliphatic heterocycles. The van der Waals surface area contributed by atoms with Crippen molar-refractivity contribution in [3.63, 3.8) is 0 Å². The Morgan fingerprint density at radius 1 is 1.10 bits per heavy atom. The van der Waals surface area contributed by atoms with Gasteiger partial charge in [0.05, 0.1) is 30.4 Å². The van der Waals surface area contributed by atoms with Crippen LogP contribution in [0.2, 0.25) is 0 Å². The zero-order chi connectivity index (χ0) is 22.2. The first-order valence-electron chi connectivity index (χ1n) is 10.1. The molecule has 1 unspecified atom stereocenters. The maximum Gasteiger partial charge on any atom is 0.207 e. The predicted molar refractivity (Wildman–Crippen MR) is 119 cm³/mol. The number of aliphatic hydroxyl groups excluding tert-OH is 2. The highest BCUT2D eigenvalue weighted by Gasteiger charge is 2.42. The van der Waals surface area contributed by atoms with Crippen molar-refractivity contribution in [3.05, 3.63) is 70.2 Å². The molecular weight excluding hydrogens is 396 g/mol. The number of hydrogen-bond donors (Lipinski definition) is 3. The Bertz CT molecular complexity index is 1060. The largest absolute Gasteiger partial charge is 0.603 e. The van der Waals surface area contributed by atoms with E-state index < -0.39 is 10.7 Å². The first kappa shape index (κ1) is 21.1. The Labute approximate surface area is 180 Å². The molecule has 0 fully saturated rings. The van der Waals surface area contributed by atoms with Crippen LogP contribution in [-0.2, 0) is 0 Å². The Balaban J connectivity index is 1.92. The van der Waals surface area contributed by atoms with Gasteiger partial charge in [0.25, 0.3) is 0 Å². The molecule has 0 radical (unpaired) electrons. The highest BCUT2D eigenvalue weighted by Crippen LogP contribution is 2.37. The van der Waals surface area contributed by atoms with Crippen molar-refractivity contribution in [1.82, 2.24) is 9.88 Å². The summed E-state index contributed by atoms with van der Waals surface area (Å²) in [6.07, 6.45) is 0. The molecule has 9 heteroatoms. The molecule has 3 heterocycles. The molecule has 9 nitrogen and oxygen atoms in total. The van der Waals surface area contributed by atoms with Crippen molar-refractivity contribution in [2.45, 2.75) is 13.8 Å². The third kappa shape index (κ3) is 4.08. The van der Waals surface area contributed by atoms with E-state index in [1.54, 1.807) is 4.90 Å². The standard InChI is InChI=1S/C22H26N6O3/c1-14-8-18(9-15(2)24-14)19-20(17-6-4-3-5-7-17)25-22(23)27-13-28(31,26-21(19)27)10-16(11-29)12-30/h3-9,16,29-30H,10-13H2,1-2H3,(H2,23,25). The third-order valence-electron chi connectivity index (χ3n) is 5.34. The zero-order valence-electron chi connectivity index (χ0n) is 17.6. The summed E-state index contributed by atoms with van der Waals surface area (Å²) in [6, 6.07) is 13.5. The number of fused-ring (bicyclic) bond motifs is 1. The number of amidine groups is 1. The number of aryl methyl sites for hydroxylation is 2. The van der Waals surface area contributed by atoms with Gasteiger partial charge >= 0.3 is 0 Å². The molecule has 1 atom stereocenters. The lowest BCUT2D eigenvalue weighted by Crippen LogP contribution is -2.49. The number of aliphatic imine (C=N–C) groups is 1. The molecule has 0 saturated carbocycles. The molecule has 0 saturated heterocycles. The Kier molecular flexibility index (Phi) is 5.59. The minimum Gasteiger partial charge on any atom is -0.603 e. The molecule has 4 rings (SSSR count). The van der Waals surface area contributed by atoms with Crippen molar-refractivity contribution in [2.75, 3.05) is 26.4 Å². The molecule has 0 aliphatic carbocycles. The van der Waals surface area contributed by atoms with Crippen LogP contribution in [0.5, 0.6) is 0 Å². The second-order valence-electron chi connectivity index (χ2n) is 7.95. The van der Waals surface area contributed by atoms with E-state index in [2.05, 4.69) is 15.1 Å². The van der Waals surface area contributed by atoms with E-state index in [-0.39, 0.29) is 32.4 Å². The second kappa shape index (κ2) is 8.20. The normalized spacial score (nSPS) is 20.8. The van der Waals surface area contributed by atoms with E-state index in [4.69, 9.17) is 5.73 Å². The van der Waals surface area contributed by atoms with Crippen molar-refractivity contribution in [1.29, 1.82) is 0 Å². The lowest BCUT2D eigenvalue weighted by molar-refractivity contribution is -0.890. The molecule has 2 aliphatic rings. The van der Waals surface area contributed by atoms with Crippen molar-refractivity contribution in [3.8, 4) is 0 Å². The van der Waals surface area contributed by atoms with Crippen molar-refractivity contribution < 1.29 is 15.0 Å². The maximum atomic E-state index is 13.4. The van der Waals surface area contributed by atoms with Gasteiger partial charge in [-0.15, -0.1) is 0 Å². The minimum absolute atomic E-state index is 0.0668. The van der Waals surface area contributed by atoms with Gasteiger partial charge in [0, 0.05) is 17.0 Å². The Morgan fingerprint density at radius 3 is 2.35 bits per heavy atom. The van der Waals surface area contributed by atoms with E-state index in [9.17, 15) is 15.4 Å². The molecule has 162 valence electrons. The summed E-state index contributed by atoms with van der Waals surface area (Å²) in [5, 5.41) is 36.8. The number of hydrogen-bond acceptors (Lipinski definition) is 8. The van der Waals surface area contributed by atoms with Gasteiger partial charge < -0.3 is 21.2 Å². The minimum atomic E-state index is -0.980. The smallest absolute Gasteiger partial charge is 0.207 e. The van der Waals surface area contributed by atoms with Crippen LogP contribution in [0.25, 0.3) is 11.3 Å². The van der Waals surface area contributed by atoms with Gasteiger partial charge in [-0.05, 0) is 31.5 Å². The first-order valence-corrected chi connectivity index (χ1v) is 10.1. The van der Waals surface area contributed by atoms with Gasteiger partial charge in [-0.3, -0.25) is 4.98 Å². The molecule has 1 aromatic heterocycles. The van der Waals surface area contributed by atoms with Crippen LogP contribution in [-0.4, -0.2) is 63.1 Å². The summed E-state index contributed by atoms with van der Waals surface area (Å²) in [5.74, 6) is 0.0398. The Hall–Kier alpha value is -3.11. The van der Waals surface area contributed by atoms with E-state index >= 15 is 0 Å². The number of rotatable bonds is 6. The van der Waals surface area contributed by atoms with Gasteiger partial charge in [-0.25, -0.2) is 14.6 Å². The number of nitrogens with zero attached hydrogens (tertiary/aromatic N) is 5. The number of benzene rings is 1. The fraction of sp³-hybridized carbons (Fsp3) is 0.318. The fourth-order valence-corrected chi connectivity index (χ4v) is 3.97. The number of nitrogens with two attached hydrogens (primary N) is 1. The third-order valence-corrected chi connectivity index (χ3v) is 5.34. The van der Waals surface area contributed by atoms with Crippen LogP contribution in [0.4, 0.5) is 0 Å². The summed E-state index contributed by atoms with van der Waals surface area (Å²) in [4.78, 5) is 10.7. The SMILES string of the molecule is Cc1cc(C2=C(c3ccccc3)N=C(N)N3C[N+]([O-])(CC(CO)CO)N=C23)cc(C)n1. The summed E-state index contributed by atoms with van der Waals surface area (Å²) in [7, 11) is 0. The molecular formula is C22H26N6O3. The number of aliphatic hydroxyl groups is 2. The number of guanidine groups is 1. The van der Waals surface area contributed by atoms with Crippen molar-refractivity contribution >= 4 is 23.1 Å². The van der Waals surface area contributed by atoms with Crippen LogP contribution >= 0.6 is 0 Å². The molecule has 0 amide bonds. The molecule has 2 aromatic rings. The van der Waals surface area contributed by atoms with Gasteiger partial charge in [-0.1, -0.05) is 35.4 Å². The highest BCUT2D eigenvalue weighted by atomic mass is 16.6. The van der Waals surface area contributed by atoms with E-state index in [0.29, 0.717) is 17.1 Å². The number of hydroxylamine groups is 2. The number of quaternary nitrogens is 1. The van der Waals surface area contributed by atoms with E-state index in [1.807, 2.05) is 56.3 Å². The summed E-state index contributed by atoms with van der Waals surface area (Å²) >= 11 is 0. The first-order chi connectivity index (χ1) is 14.8. The number of aromatic nitrogens is 1. The maximum absolute atomic E-state index is 13.4. The topological polar surface area (TPSA) is 130 Å². The predicted octanol–water partition coefficient (Wildman–Crippen LogP) is 1.40. The van der Waals surface area contributed by atoms with Crippen LogP contribution in [0.15, 0.2) is 52.6 Å². The summed E-state index contributed by atoms with van der Waals surface area (Å²) in [5.41, 5.74) is 11.0. The lowest BCUT2D eigenvalue weighted by Gasteiger charge is -2.35. The molecule has 4 N–H and O–H groups in total. The molecule has 1 aromatic carbocycles. The molecule has 0 spiro atoms. The Morgan fingerprint density at radius 2 is 1.74 bits per heavy atom. The molecule has 0 bridgehead atoms. The van der Waals surface area contributed by atoms with E-state index in [1.165, 1.54) is 0 Å². The van der Waals surface area contributed by atoms with Gasteiger partial charge in [0.1, 0.15) is 6.54 Å². The van der Waals surface area contributed by atoms with Crippen LogP contribution < -0.4 is 5.73 Å². The fourth-order valence-electron chi connectivity index (χ4n) is 3.97. The monoisotopic (exact) mass is 422 g/mol. The van der Waals surface area contributed by atoms with Gasteiger partial charge in [0.15, 0.2) is 6.67 Å². The van der Waals surface area contributed by atoms with Crippen LogP contribution in [0.1, 0.15) is 22.5 Å². The summed E-state index contributed by atoms with van der Waals surface area (Å²) in [6.45, 7) is 3.09. The van der Waals surface area contributed by atoms with E-state index in [0.717, 1.165) is 22.5 Å². The zero-order valence-corrected chi connectivity index (χ0v) is 17.6. The average molecular weight is 422 g/mol. The average Bonchev–Trinajstić information content (AvgIpc) is 3.09. The highest BCUT2D eigenvalue weighted by molar-refractivity contribution is 6.35. The lowest BCUT2D eigenvalue weighted by atomic mass is 9.96. The number of pyridine rings is 1. The quantitative estimate of drug-likeness (QED) is 0.476. The van der Waals surface area contributed by atoms with Gasteiger partial charge in [-0.2, -0.15) is 0 Å². The van der Waals surface area contributed by atoms with Gasteiger partial charge in [0.2, 0.25) is 11.8 Å². The second-order valence-corrected chi connectivity index (χ2v) is 7.95. The molecule has 31 heavy (non-hydrogen) atoms. The summed E-state index contributed by atoms with van der Waals surface area (Å²) < 4.78 is -0.980.